The smallest absolute Gasteiger partial charge is 0.305 e. The first kappa shape index (κ1) is 29.7. The van der Waals surface area contributed by atoms with E-state index in [9.17, 15) is 9.59 Å². The summed E-state index contributed by atoms with van der Waals surface area (Å²) in [5.74, 6) is 1.71. The zero-order valence-electron chi connectivity index (χ0n) is 23.2. The molecule has 0 spiro atoms. The number of hydrogen-bond donors (Lipinski definition) is 1. The van der Waals surface area contributed by atoms with E-state index in [-0.39, 0.29) is 11.9 Å². The maximum absolute atomic E-state index is 12.9. The van der Waals surface area contributed by atoms with Crippen LogP contribution in [0.4, 0.5) is 22.5 Å². The van der Waals surface area contributed by atoms with Crippen molar-refractivity contribution in [3.63, 3.8) is 0 Å². The fraction of sp³-hybridized carbons (Fsp3) is 0.464. The van der Waals surface area contributed by atoms with E-state index in [2.05, 4.69) is 30.1 Å². The zero-order valence-corrected chi connectivity index (χ0v) is 24.8. The predicted molar refractivity (Wildman–Crippen MR) is 160 cm³/mol. The first-order valence-corrected chi connectivity index (χ1v) is 14.8. The summed E-state index contributed by atoms with van der Waals surface area (Å²) in [6, 6.07) is 9.38. The number of esters is 1. The number of piperazine rings is 1. The van der Waals surface area contributed by atoms with Crippen molar-refractivity contribution < 1.29 is 14.3 Å². The second kappa shape index (κ2) is 14.4. The maximum Gasteiger partial charge on any atom is 0.305 e. The number of amides is 1. The summed E-state index contributed by atoms with van der Waals surface area (Å²) in [4.78, 5) is 43.1. The van der Waals surface area contributed by atoms with Crippen LogP contribution in [0, 0.1) is 13.8 Å². The molecular formula is C28H36ClN7O3S. The van der Waals surface area contributed by atoms with Crippen molar-refractivity contribution in [3.05, 3.63) is 52.8 Å². The number of rotatable bonds is 12. The SMILES string of the molecule is CCOC(=O)CCCCCN1CCN(c2cc(Nc3ncc(C(=O)N(Cl)c4ccccc4C)s3)nc(C)n2)CC1. The second-order valence-electron chi connectivity index (χ2n) is 9.63. The third-order valence-electron chi connectivity index (χ3n) is 6.64. The van der Waals surface area contributed by atoms with E-state index in [0.29, 0.717) is 40.4 Å². The topological polar surface area (TPSA) is 104 Å². The van der Waals surface area contributed by atoms with Crippen molar-refractivity contribution in [2.75, 3.05) is 54.0 Å². The zero-order chi connectivity index (χ0) is 28.5. The van der Waals surface area contributed by atoms with Gasteiger partial charge in [-0.3, -0.25) is 14.5 Å². The van der Waals surface area contributed by atoms with Crippen molar-refractivity contribution >= 4 is 57.4 Å². The first-order chi connectivity index (χ1) is 19.3. The van der Waals surface area contributed by atoms with Gasteiger partial charge < -0.3 is 15.0 Å². The van der Waals surface area contributed by atoms with E-state index in [1.54, 1.807) is 6.07 Å². The van der Waals surface area contributed by atoms with Crippen LogP contribution >= 0.6 is 23.1 Å². The van der Waals surface area contributed by atoms with Gasteiger partial charge in [-0.15, -0.1) is 0 Å². The normalized spacial score (nSPS) is 13.8. The van der Waals surface area contributed by atoms with Crippen LogP contribution in [0.15, 0.2) is 36.5 Å². The van der Waals surface area contributed by atoms with Gasteiger partial charge in [-0.25, -0.2) is 19.4 Å². The van der Waals surface area contributed by atoms with Gasteiger partial charge in [0.05, 0.1) is 18.5 Å². The molecule has 1 aromatic carbocycles. The van der Waals surface area contributed by atoms with Crippen molar-refractivity contribution in [2.45, 2.75) is 46.5 Å². The van der Waals surface area contributed by atoms with Crippen LogP contribution in [0.2, 0.25) is 0 Å². The second-order valence-corrected chi connectivity index (χ2v) is 11.0. The maximum atomic E-state index is 12.9. The van der Waals surface area contributed by atoms with Crippen LogP contribution in [0.25, 0.3) is 0 Å². The van der Waals surface area contributed by atoms with Gasteiger partial charge in [0.25, 0.3) is 5.91 Å². The molecule has 1 N–H and O–H groups in total. The first-order valence-electron chi connectivity index (χ1n) is 13.6. The van der Waals surface area contributed by atoms with Crippen LogP contribution in [0.5, 0.6) is 0 Å². The van der Waals surface area contributed by atoms with Crippen molar-refractivity contribution in [1.29, 1.82) is 0 Å². The van der Waals surface area contributed by atoms with Crippen molar-refractivity contribution in [3.8, 4) is 0 Å². The van der Waals surface area contributed by atoms with Gasteiger partial charge in [0.2, 0.25) is 0 Å². The van der Waals surface area contributed by atoms with Gasteiger partial charge in [-0.2, -0.15) is 0 Å². The highest BCUT2D eigenvalue weighted by molar-refractivity contribution is 7.17. The predicted octanol–water partition coefficient (Wildman–Crippen LogP) is 5.34. The number of carbonyl (C=O) groups excluding carboxylic acids is 2. The molecule has 1 aliphatic heterocycles. The highest BCUT2D eigenvalue weighted by Crippen LogP contribution is 2.28. The quantitative estimate of drug-likeness (QED) is 0.171. The summed E-state index contributed by atoms with van der Waals surface area (Å²) in [7, 11) is 0. The lowest BCUT2D eigenvalue weighted by Gasteiger charge is -2.35. The van der Waals surface area contributed by atoms with Gasteiger partial charge in [0.15, 0.2) is 5.13 Å². The van der Waals surface area contributed by atoms with E-state index in [4.69, 9.17) is 16.5 Å². The number of unbranched alkanes of at least 4 members (excludes halogenated alkanes) is 2. The molecular weight excluding hydrogens is 550 g/mol. The Morgan fingerprint density at radius 2 is 1.88 bits per heavy atom. The molecule has 1 amide bonds. The summed E-state index contributed by atoms with van der Waals surface area (Å²) < 4.78 is 6.12. The molecule has 1 saturated heterocycles. The summed E-state index contributed by atoms with van der Waals surface area (Å²) in [5.41, 5.74) is 1.55. The Bertz CT molecular complexity index is 1300. The highest BCUT2D eigenvalue weighted by atomic mass is 35.5. The van der Waals surface area contributed by atoms with E-state index in [0.717, 1.165) is 67.8 Å². The average molecular weight is 586 g/mol. The van der Waals surface area contributed by atoms with E-state index < -0.39 is 0 Å². The van der Waals surface area contributed by atoms with Crippen LogP contribution in [-0.2, 0) is 9.53 Å². The molecule has 0 bridgehead atoms. The molecule has 214 valence electrons. The number of thiazole rings is 1. The molecule has 0 radical (unpaired) electrons. The number of aromatic nitrogens is 3. The molecule has 1 fully saturated rings. The monoisotopic (exact) mass is 585 g/mol. The van der Waals surface area contributed by atoms with Crippen LogP contribution < -0.4 is 14.6 Å². The summed E-state index contributed by atoms with van der Waals surface area (Å²) >= 11 is 7.59. The minimum absolute atomic E-state index is 0.103. The fourth-order valence-corrected chi connectivity index (χ4v) is 5.61. The van der Waals surface area contributed by atoms with E-state index >= 15 is 0 Å². The molecule has 1 aliphatic rings. The molecule has 0 atom stereocenters. The largest absolute Gasteiger partial charge is 0.466 e. The summed E-state index contributed by atoms with van der Waals surface area (Å²) in [6.45, 7) is 10.7. The Morgan fingerprint density at radius 1 is 1.10 bits per heavy atom. The summed E-state index contributed by atoms with van der Waals surface area (Å²) in [5, 5.41) is 3.78. The van der Waals surface area contributed by atoms with Gasteiger partial charge >= 0.3 is 5.97 Å². The number of ether oxygens (including phenoxy) is 1. The van der Waals surface area contributed by atoms with Crippen molar-refractivity contribution in [2.24, 2.45) is 0 Å². The highest BCUT2D eigenvalue weighted by Gasteiger charge is 2.21. The number of benzene rings is 1. The number of nitrogens with zero attached hydrogens (tertiary/aromatic N) is 6. The molecule has 4 rings (SSSR count). The molecule has 0 saturated carbocycles. The lowest BCUT2D eigenvalue weighted by molar-refractivity contribution is -0.143. The number of aryl methyl sites for hydroxylation is 2. The molecule has 3 aromatic rings. The van der Waals surface area contributed by atoms with Crippen LogP contribution in [0.1, 0.15) is 53.7 Å². The van der Waals surface area contributed by atoms with Gasteiger partial charge in [-0.1, -0.05) is 36.0 Å². The van der Waals surface area contributed by atoms with Gasteiger partial charge in [-0.05, 0) is 51.8 Å². The minimum Gasteiger partial charge on any atom is -0.466 e. The molecule has 10 nitrogen and oxygen atoms in total. The molecule has 0 aliphatic carbocycles. The number of halogens is 1. The van der Waals surface area contributed by atoms with Gasteiger partial charge in [0.1, 0.15) is 22.3 Å². The number of para-hydroxylation sites is 1. The number of hydrogen-bond acceptors (Lipinski definition) is 10. The van der Waals surface area contributed by atoms with E-state index in [1.807, 2.05) is 45.0 Å². The lowest BCUT2D eigenvalue weighted by Crippen LogP contribution is -2.47. The lowest BCUT2D eigenvalue weighted by atomic mass is 10.2. The minimum atomic E-state index is -0.335. The number of carbonyl (C=O) groups is 2. The summed E-state index contributed by atoms with van der Waals surface area (Å²) in [6.07, 6.45) is 5.00. The van der Waals surface area contributed by atoms with Crippen LogP contribution in [-0.4, -0.2) is 71.1 Å². The number of nitrogens with one attached hydrogen (secondary N) is 1. The molecule has 12 heteroatoms. The average Bonchev–Trinajstić information content (AvgIpc) is 3.41. The Hall–Kier alpha value is -3.28. The Balaban J connectivity index is 1.28. The van der Waals surface area contributed by atoms with Crippen LogP contribution in [0.3, 0.4) is 0 Å². The fourth-order valence-electron chi connectivity index (χ4n) is 4.52. The van der Waals surface area contributed by atoms with Crippen molar-refractivity contribution in [1.82, 2.24) is 19.9 Å². The molecule has 3 heterocycles. The molecule has 2 aromatic heterocycles. The van der Waals surface area contributed by atoms with Gasteiger partial charge in [0, 0.05) is 50.4 Å². The third kappa shape index (κ3) is 8.12. The standard InChI is InChI=1S/C28H36ClN7O3S/c1-4-39-26(37)12-6-5-9-13-34-14-16-35(17-15-34)25-18-24(31-21(3)32-25)33-28-30-19-23(40-28)27(38)36(29)22-11-8-7-10-20(22)2/h7-8,10-11,18-19H,4-6,9,12-17H2,1-3H3,(H,30,31,32,33). The Kier molecular flexibility index (Phi) is 10.7. The Labute approximate surface area is 244 Å². The van der Waals surface area contributed by atoms with E-state index in [1.165, 1.54) is 17.5 Å². The number of anilines is 4. The Morgan fingerprint density at radius 3 is 2.62 bits per heavy atom. The molecule has 0 unspecified atom stereocenters. The third-order valence-corrected chi connectivity index (χ3v) is 7.87. The molecule has 40 heavy (non-hydrogen) atoms.